The number of halogens is 1. The summed E-state index contributed by atoms with van der Waals surface area (Å²) in [5.41, 5.74) is 2.00. The standard InChI is InChI=1S/C22H28FNO3/c1-26-20-13-18(14-21(15-20)27-2)22(25)17-8-11-24(12-9-17)10-7-16-3-5-19(23)6-4-16/h3-6,13-15,17,22,25H,7-12H2,1-2H3. The number of rotatable bonds is 7. The number of methoxy groups -OCH3 is 2. The molecule has 1 aliphatic rings. The van der Waals surface area contributed by atoms with E-state index in [1.54, 1.807) is 14.2 Å². The SMILES string of the molecule is COc1cc(OC)cc(C(O)C2CCN(CCc3ccc(F)cc3)CC2)c1. The maximum absolute atomic E-state index is 13.0. The third-order valence-corrected chi connectivity index (χ3v) is 5.42. The van der Waals surface area contributed by atoms with Crippen LogP contribution in [0.3, 0.4) is 0 Å². The first kappa shape index (κ1) is 19.6. The third kappa shape index (κ3) is 5.21. The van der Waals surface area contributed by atoms with Crippen LogP contribution in [0.1, 0.15) is 30.1 Å². The summed E-state index contributed by atoms with van der Waals surface area (Å²) in [7, 11) is 3.23. The van der Waals surface area contributed by atoms with Gasteiger partial charge < -0.3 is 19.5 Å². The van der Waals surface area contributed by atoms with Gasteiger partial charge in [-0.3, -0.25) is 0 Å². The topological polar surface area (TPSA) is 41.9 Å². The first-order chi connectivity index (χ1) is 13.1. The molecule has 1 aliphatic heterocycles. The van der Waals surface area contributed by atoms with E-state index in [4.69, 9.17) is 9.47 Å². The summed E-state index contributed by atoms with van der Waals surface area (Å²) < 4.78 is 23.6. The number of ether oxygens (including phenoxy) is 2. The lowest BCUT2D eigenvalue weighted by Crippen LogP contribution is -2.36. The van der Waals surface area contributed by atoms with Gasteiger partial charge in [-0.1, -0.05) is 12.1 Å². The van der Waals surface area contributed by atoms with Crippen LogP contribution >= 0.6 is 0 Å². The Morgan fingerprint density at radius 1 is 1.04 bits per heavy atom. The van der Waals surface area contributed by atoms with Crippen LogP contribution in [-0.2, 0) is 6.42 Å². The van der Waals surface area contributed by atoms with E-state index in [-0.39, 0.29) is 11.7 Å². The van der Waals surface area contributed by atoms with Gasteiger partial charge in [-0.05, 0) is 73.7 Å². The van der Waals surface area contributed by atoms with Gasteiger partial charge in [-0.15, -0.1) is 0 Å². The second kappa shape index (κ2) is 9.20. The van der Waals surface area contributed by atoms with Crippen LogP contribution in [0.15, 0.2) is 42.5 Å². The second-order valence-electron chi connectivity index (χ2n) is 7.15. The van der Waals surface area contributed by atoms with Crippen LogP contribution in [0.25, 0.3) is 0 Å². The van der Waals surface area contributed by atoms with Crippen molar-refractivity contribution in [3.05, 3.63) is 59.4 Å². The number of benzene rings is 2. The number of hydrogen-bond donors (Lipinski definition) is 1. The van der Waals surface area contributed by atoms with E-state index in [2.05, 4.69) is 4.90 Å². The van der Waals surface area contributed by atoms with Gasteiger partial charge in [0.05, 0.1) is 20.3 Å². The number of likely N-dealkylation sites (tertiary alicyclic amines) is 1. The lowest BCUT2D eigenvalue weighted by atomic mass is 9.87. The zero-order valence-electron chi connectivity index (χ0n) is 16.0. The number of nitrogens with zero attached hydrogens (tertiary/aromatic N) is 1. The van der Waals surface area contributed by atoms with Crippen LogP contribution in [0.4, 0.5) is 4.39 Å². The molecule has 0 aromatic heterocycles. The minimum atomic E-state index is -0.520. The lowest BCUT2D eigenvalue weighted by Gasteiger charge is -2.34. The molecule has 0 aliphatic carbocycles. The summed E-state index contributed by atoms with van der Waals surface area (Å²) in [5.74, 6) is 1.42. The molecule has 0 bridgehead atoms. The summed E-state index contributed by atoms with van der Waals surface area (Å²) in [6.07, 6.45) is 2.29. The van der Waals surface area contributed by atoms with Gasteiger partial charge in [0.1, 0.15) is 17.3 Å². The normalized spacial score (nSPS) is 16.9. The predicted molar refractivity (Wildman–Crippen MR) is 104 cm³/mol. The van der Waals surface area contributed by atoms with Crippen LogP contribution in [-0.4, -0.2) is 43.9 Å². The van der Waals surface area contributed by atoms with E-state index in [1.807, 2.05) is 30.3 Å². The van der Waals surface area contributed by atoms with Gasteiger partial charge in [-0.25, -0.2) is 4.39 Å². The van der Waals surface area contributed by atoms with E-state index < -0.39 is 6.10 Å². The Morgan fingerprint density at radius 2 is 1.63 bits per heavy atom. The number of hydrogen-bond acceptors (Lipinski definition) is 4. The van der Waals surface area contributed by atoms with Crippen molar-refractivity contribution in [1.29, 1.82) is 0 Å². The minimum absolute atomic E-state index is 0.192. The molecule has 3 rings (SSSR count). The van der Waals surface area contributed by atoms with Crippen molar-refractivity contribution >= 4 is 0 Å². The monoisotopic (exact) mass is 373 g/mol. The van der Waals surface area contributed by atoms with Crippen molar-refractivity contribution in [2.24, 2.45) is 5.92 Å². The average molecular weight is 373 g/mol. The predicted octanol–water partition coefficient (Wildman–Crippen LogP) is 3.83. The Balaban J connectivity index is 1.53. The summed E-state index contributed by atoms with van der Waals surface area (Å²) in [6.45, 7) is 2.88. The molecule has 2 aromatic carbocycles. The molecular formula is C22H28FNO3. The molecule has 1 N–H and O–H groups in total. The molecule has 5 heteroatoms. The lowest BCUT2D eigenvalue weighted by molar-refractivity contribution is 0.0589. The molecule has 0 saturated carbocycles. The summed E-state index contributed by atoms with van der Waals surface area (Å²) in [6, 6.07) is 12.3. The van der Waals surface area contributed by atoms with Gasteiger partial charge in [-0.2, -0.15) is 0 Å². The Hall–Kier alpha value is -2.11. The zero-order chi connectivity index (χ0) is 19.2. The Kier molecular flexibility index (Phi) is 6.69. The van der Waals surface area contributed by atoms with Crippen LogP contribution in [0.5, 0.6) is 11.5 Å². The first-order valence-corrected chi connectivity index (χ1v) is 9.47. The molecule has 1 saturated heterocycles. The maximum Gasteiger partial charge on any atom is 0.123 e. The van der Waals surface area contributed by atoms with E-state index >= 15 is 0 Å². The van der Waals surface area contributed by atoms with Crippen molar-refractivity contribution in [2.45, 2.75) is 25.4 Å². The highest BCUT2D eigenvalue weighted by Gasteiger charge is 2.26. The van der Waals surface area contributed by atoms with Gasteiger partial charge in [0.2, 0.25) is 0 Å². The third-order valence-electron chi connectivity index (χ3n) is 5.42. The van der Waals surface area contributed by atoms with E-state index in [0.717, 1.165) is 50.0 Å². The van der Waals surface area contributed by atoms with Crippen LogP contribution < -0.4 is 9.47 Å². The van der Waals surface area contributed by atoms with Crippen molar-refractivity contribution in [3.63, 3.8) is 0 Å². The molecular weight excluding hydrogens is 345 g/mol. The molecule has 1 unspecified atom stereocenters. The summed E-state index contributed by atoms with van der Waals surface area (Å²) in [4.78, 5) is 2.42. The Bertz CT molecular complexity index is 705. The molecule has 0 amide bonds. The first-order valence-electron chi connectivity index (χ1n) is 9.47. The minimum Gasteiger partial charge on any atom is -0.497 e. The summed E-state index contributed by atoms with van der Waals surface area (Å²) in [5, 5.41) is 10.8. The molecule has 27 heavy (non-hydrogen) atoms. The molecule has 4 nitrogen and oxygen atoms in total. The van der Waals surface area contributed by atoms with Crippen molar-refractivity contribution in [2.75, 3.05) is 33.9 Å². The molecule has 2 aromatic rings. The zero-order valence-corrected chi connectivity index (χ0v) is 16.0. The van der Waals surface area contributed by atoms with Gasteiger partial charge in [0.25, 0.3) is 0 Å². The van der Waals surface area contributed by atoms with E-state index in [1.165, 1.54) is 12.1 Å². The van der Waals surface area contributed by atoms with E-state index in [9.17, 15) is 9.50 Å². The van der Waals surface area contributed by atoms with Gasteiger partial charge in [0.15, 0.2) is 0 Å². The molecule has 1 heterocycles. The highest BCUT2D eigenvalue weighted by atomic mass is 19.1. The number of aliphatic hydroxyl groups excluding tert-OH is 1. The quantitative estimate of drug-likeness (QED) is 0.801. The fourth-order valence-corrected chi connectivity index (χ4v) is 3.70. The Morgan fingerprint density at radius 3 is 2.19 bits per heavy atom. The molecule has 146 valence electrons. The van der Waals surface area contributed by atoms with Crippen molar-refractivity contribution in [1.82, 2.24) is 4.90 Å². The van der Waals surface area contributed by atoms with Crippen LogP contribution in [0, 0.1) is 11.7 Å². The number of aliphatic hydroxyl groups is 1. The van der Waals surface area contributed by atoms with Crippen LogP contribution in [0.2, 0.25) is 0 Å². The summed E-state index contributed by atoms with van der Waals surface area (Å²) >= 11 is 0. The molecule has 1 atom stereocenters. The van der Waals surface area contributed by atoms with Gasteiger partial charge in [0, 0.05) is 12.6 Å². The second-order valence-corrected chi connectivity index (χ2v) is 7.15. The number of piperidine rings is 1. The molecule has 0 spiro atoms. The largest absolute Gasteiger partial charge is 0.497 e. The fraction of sp³-hybridized carbons (Fsp3) is 0.455. The fourth-order valence-electron chi connectivity index (χ4n) is 3.70. The average Bonchev–Trinajstić information content (AvgIpc) is 2.72. The molecule has 1 fully saturated rings. The van der Waals surface area contributed by atoms with E-state index in [0.29, 0.717) is 11.5 Å². The Labute approximate surface area is 160 Å². The van der Waals surface area contributed by atoms with Crippen molar-refractivity contribution < 1.29 is 19.0 Å². The smallest absolute Gasteiger partial charge is 0.123 e. The highest BCUT2D eigenvalue weighted by Crippen LogP contribution is 2.34. The van der Waals surface area contributed by atoms with Gasteiger partial charge >= 0.3 is 0 Å². The highest BCUT2D eigenvalue weighted by molar-refractivity contribution is 5.39. The maximum atomic E-state index is 13.0. The molecule has 0 radical (unpaired) electrons. The van der Waals surface area contributed by atoms with Crippen molar-refractivity contribution in [3.8, 4) is 11.5 Å².